The average Bonchev–Trinajstić information content (AvgIpc) is 3.40. The summed E-state index contributed by atoms with van der Waals surface area (Å²) in [5.41, 5.74) is 1.79. The molecule has 4 rings (SSSR count). The quantitative estimate of drug-likeness (QED) is 0.537. The van der Waals surface area contributed by atoms with Crippen LogP contribution in [0, 0.1) is 13.8 Å². The van der Waals surface area contributed by atoms with Crippen LogP contribution in [-0.2, 0) is 26.9 Å². The van der Waals surface area contributed by atoms with Gasteiger partial charge in [0.05, 0.1) is 23.9 Å². The van der Waals surface area contributed by atoms with Gasteiger partial charge in [-0.05, 0) is 68.1 Å². The molecule has 1 saturated heterocycles. The number of nitrogens with one attached hydrogen (secondary N) is 2. The molecule has 9 heteroatoms. The lowest BCUT2D eigenvalue weighted by atomic mass is 10.0. The smallest absolute Gasteiger partial charge is 0.418 e. The molecular weight excluding hydrogens is 437 g/mol. The highest BCUT2D eigenvalue weighted by molar-refractivity contribution is 5.97. The molecule has 33 heavy (non-hydrogen) atoms. The highest BCUT2D eigenvalue weighted by Crippen LogP contribution is 2.37. The Bertz CT molecular complexity index is 1210. The van der Waals surface area contributed by atoms with Crippen LogP contribution in [0.1, 0.15) is 35.1 Å². The molecule has 2 N–H and O–H groups in total. The zero-order chi connectivity index (χ0) is 23.8. The molecule has 6 nitrogen and oxygen atoms in total. The van der Waals surface area contributed by atoms with E-state index in [1.807, 2.05) is 26.0 Å². The molecular formula is C24H23F3N2O4. The zero-order valence-corrected chi connectivity index (χ0v) is 18.1. The fraction of sp³-hybridized carbons (Fsp3) is 0.333. The minimum Gasteiger partial charge on any atom is -0.464 e. The van der Waals surface area contributed by atoms with Crippen molar-refractivity contribution in [2.45, 2.75) is 45.4 Å². The van der Waals surface area contributed by atoms with Crippen molar-refractivity contribution in [3.05, 3.63) is 58.8 Å². The van der Waals surface area contributed by atoms with Crippen molar-refractivity contribution in [1.29, 1.82) is 0 Å². The SMILES string of the molecule is Cc1cc2occ(CC(=O)Nc3ccc(NC(=O)C4CCCO4)cc3C(F)(F)F)c2cc1C. The molecule has 174 valence electrons. The number of carbonyl (C=O) groups is 2. The monoisotopic (exact) mass is 460 g/mol. The summed E-state index contributed by atoms with van der Waals surface area (Å²) < 4.78 is 51.8. The lowest BCUT2D eigenvalue weighted by molar-refractivity contribution is -0.137. The number of halogens is 3. The highest BCUT2D eigenvalue weighted by atomic mass is 19.4. The van der Waals surface area contributed by atoms with Crippen LogP contribution in [-0.4, -0.2) is 24.5 Å². The van der Waals surface area contributed by atoms with Gasteiger partial charge < -0.3 is 19.8 Å². The third-order valence-electron chi connectivity index (χ3n) is 5.71. The van der Waals surface area contributed by atoms with E-state index in [9.17, 15) is 22.8 Å². The molecule has 2 amide bonds. The summed E-state index contributed by atoms with van der Waals surface area (Å²) in [6.45, 7) is 4.32. The number of anilines is 2. The fourth-order valence-electron chi connectivity index (χ4n) is 3.81. The zero-order valence-electron chi connectivity index (χ0n) is 18.1. The third kappa shape index (κ3) is 5.03. The van der Waals surface area contributed by atoms with E-state index < -0.39 is 29.7 Å². The fourth-order valence-corrected chi connectivity index (χ4v) is 3.81. The molecule has 1 aliphatic heterocycles. The summed E-state index contributed by atoms with van der Waals surface area (Å²) in [6, 6.07) is 7.01. The third-order valence-corrected chi connectivity index (χ3v) is 5.71. The molecule has 0 spiro atoms. The molecule has 2 heterocycles. The number of alkyl halides is 3. The Hall–Kier alpha value is -3.33. The van der Waals surface area contributed by atoms with Gasteiger partial charge in [0.15, 0.2) is 0 Å². The second-order valence-electron chi connectivity index (χ2n) is 8.17. The lowest BCUT2D eigenvalue weighted by Gasteiger charge is -2.16. The largest absolute Gasteiger partial charge is 0.464 e. The average molecular weight is 460 g/mol. The maximum absolute atomic E-state index is 13.7. The van der Waals surface area contributed by atoms with E-state index in [1.165, 1.54) is 12.3 Å². The van der Waals surface area contributed by atoms with Gasteiger partial charge in [-0.15, -0.1) is 0 Å². The van der Waals surface area contributed by atoms with Crippen LogP contribution >= 0.6 is 0 Å². The van der Waals surface area contributed by atoms with Crippen molar-refractivity contribution < 1.29 is 31.9 Å². The van der Waals surface area contributed by atoms with E-state index in [4.69, 9.17) is 9.15 Å². The molecule has 0 saturated carbocycles. The molecule has 1 atom stereocenters. The maximum Gasteiger partial charge on any atom is 0.418 e. The minimum absolute atomic E-state index is 0.0208. The van der Waals surface area contributed by atoms with E-state index in [1.54, 1.807) is 0 Å². The van der Waals surface area contributed by atoms with Crippen LogP contribution in [0.15, 0.2) is 41.0 Å². The summed E-state index contributed by atoms with van der Waals surface area (Å²) in [5.74, 6) is -1.10. The van der Waals surface area contributed by atoms with Gasteiger partial charge in [-0.1, -0.05) is 0 Å². The highest BCUT2D eigenvalue weighted by Gasteiger charge is 2.35. The Labute approximate surface area is 188 Å². The summed E-state index contributed by atoms with van der Waals surface area (Å²) >= 11 is 0. The molecule has 0 radical (unpaired) electrons. The molecule has 1 aromatic heterocycles. The number of hydrogen-bond acceptors (Lipinski definition) is 4. The predicted octanol–water partition coefficient (Wildman–Crippen LogP) is 5.37. The summed E-state index contributed by atoms with van der Waals surface area (Å²) in [5, 5.41) is 5.54. The molecule has 2 aromatic carbocycles. The number of amides is 2. The molecule has 1 aliphatic rings. The summed E-state index contributed by atoms with van der Waals surface area (Å²) in [4.78, 5) is 24.8. The lowest BCUT2D eigenvalue weighted by Crippen LogP contribution is -2.27. The van der Waals surface area contributed by atoms with Crippen LogP contribution in [0.4, 0.5) is 24.5 Å². The molecule has 1 fully saturated rings. The topological polar surface area (TPSA) is 80.6 Å². The van der Waals surface area contributed by atoms with Crippen LogP contribution < -0.4 is 10.6 Å². The van der Waals surface area contributed by atoms with Gasteiger partial charge >= 0.3 is 6.18 Å². The van der Waals surface area contributed by atoms with Gasteiger partial charge in [0.1, 0.15) is 11.7 Å². The molecule has 0 aliphatic carbocycles. The van der Waals surface area contributed by atoms with E-state index in [-0.39, 0.29) is 17.8 Å². The molecule has 0 bridgehead atoms. The maximum atomic E-state index is 13.7. The Morgan fingerprint density at radius 1 is 1.09 bits per heavy atom. The normalized spacial score (nSPS) is 16.2. The van der Waals surface area contributed by atoms with Crippen molar-refractivity contribution in [1.82, 2.24) is 0 Å². The molecule has 3 aromatic rings. The number of carbonyl (C=O) groups excluding carboxylic acids is 2. The number of ether oxygens (including phenoxy) is 1. The summed E-state index contributed by atoms with van der Waals surface area (Å²) in [6.07, 6.45) is -2.86. The van der Waals surface area contributed by atoms with Gasteiger partial charge in [0, 0.05) is 23.2 Å². The predicted molar refractivity (Wildman–Crippen MR) is 117 cm³/mol. The Balaban J connectivity index is 1.52. The number of aryl methyl sites for hydroxylation is 2. The first kappa shape index (κ1) is 22.8. The summed E-state index contributed by atoms with van der Waals surface area (Å²) in [7, 11) is 0. The van der Waals surface area contributed by atoms with Crippen molar-refractivity contribution in [3.8, 4) is 0 Å². The van der Waals surface area contributed by atoms with E-state index in [0.29, 0.717) is 24.2 Å². The van der Waals surface area contributed by atoms with Crippen molar-refractivity contribution in [2.24, 2.45) is 0 Å². The van der Waals surface area contributed by atoms with Crippen LogP contribution in [0.5, 0.6) is 0 Å². The van der Waals surface area contributed by atoms with Crippen LogP contribution in [0.25, 0.3) is 11.0 Å². The van der Waals surface area contributed by atoms with Crippen molar-refractivity contribution >= 4 is 34.2 Å². The van der Waals surface area contributed by atoms with Gasteiger partial charge in [-0.25, -0.2) is 0 Å². The van der Waals surface area contributed by atoms with E-state index in [2.05, 4.69) is 10.6 Å². The Morgan fingerprint density at radius 3 is 2.55 bits per heavy atom. The Kier molecular flexibility index (Phi) is 6.16. The second kappa shape index (κ2) is 8.90. The van der Waals surface area contributed by atoms with E-state index in [0.717, 1.165) is 35.1 Å². The first-order chi connectivity index (χ1) is 15.6. The number of hydrogen-bond donors (Lipinski definition) is 2. The number of benzene rings is 2. The van der Waals surface area contributed by atoms with Gasteiger partial charge in [0.2, 0.25) is 5.91 Å². The van der Waals surface area contributed by atoms with E-state index >= 15 is 0 Å². The number of fused-ring (bicyclic) bond motifs is 1. The van der Waals surface area contributed by atoms with Crippen LogP contribution in [0.3, 0.4) is 0 Å². The second-order valence-corrected chi connectivity index (χ2v) is 8.17. The first-order valence-electron chi connectivity index (χ1n) is 10.5. The minimum atomic E-state index is -4.73. The standard InChI is InChI=1S/C24H23F3N2O4/c1-13-8-17-15(12-33-21(17)9-14(13)2)10-22(30)29-19-6-5-16(11-18(19)24(25,26)27)28-23(31)20-4-3-7-32-20/h5-6,8-9,11-12,20H,3-4,7,10H2,1-2H3,(H,28,31)(H,29,30). The molecule has 1 unspecified atom stereocenters. The number of furan rings is 1. The van der Waals surface area contributed by atoms with Gasteiger partial charge in [0.25, 0.3) is 5.91 Å². The van der Waals surface area contributed by atoms with Crippen molar-refractivity contribution in [3.63, 3.8) is 0 Å². The van der Waals surface area contributed by atoms with Gasteiger partial charge in [-0.3, -0.25) is 9.59 Å². The first-order valence-corrected chi connectivity index (χ1v) is 10.5. The number of rotatable bonds is 5. The van der Waals surface area contributed by atoms with Crippen molar-refractivity contribution in [2.75, 3.05) is 17.2 Å². The Morgan fingerprint density at radius 2 is 1.85 bits per heavy atom. The van der Waals surface area contributed by atoms with Crippen LogP contribution in [0.2, 0.25) is 0 Å². The van der Waals surface area contributed by atoms with Gasteiger partial charge in [-0.2, -0.15) is 13.2 Å².